The number of nitrogens with zero attached hydrogens (tertiary/aromatic N) is 2. The summed E-state index contributed by atoms with van der Waals surface area (Å²) in [4.78, 5) is 27.8. The number of amides is 1. The van der Waals surface area contributed by atoms with Gasteiger partial charge in [-0.2, -0.15) is 0 Å². The first-order valence-electron chi connectivity index (χ1n) is 6.61. The van der Waals surface area contributed by atoms with Crippen LogP contribution in [0.25, 0.3) is 0 Å². The summed E-state index contributed by atoms with van der Waals surface area (Å²) in [5.74, 6) is 0.428. The summed E-state index contributed by atoms with van der Waals surface area (Å²) in [6, 6.07) is 8.41. The van der Waals surface area contributed by atoms with Crippen molar-refractivity contribution >= 4 is 11.6 Å². The van der Waals surface area contributed by atoms with Crippen LogP contribution in [0, 0.1) is 0 Å². The molecule has 1 amide bonds. The number of benzene rings is 1. The van der Waals surface area contributed by atoms with E-state index in [0.717, 1.165) is 0 Å². The highest BCUT2D eigenvalue weighted by Gasteiger charge is 2.06. The van der Waals surface area contributed by atoms with Gasteiger partial charge in [0.25, 0.3) is 5.56 Å². The van der Waals surface area contributed by atoms with E-state index in [9.17, 15) is 9.59 Å². The Kier molecular flexibility index (Phi) is 4.71. The van der Waals surface area contributed by atoms with Crippen LogP contribution >= 0.6 is 0 Å². The quantitative estimate of drug-likeness (QED) is 0.903. The van der Waals surface area contributed by atoms with E-state index in [0.29, 0.717) is 23.6 Å². The molecule has 1 aromatic carbocycles. The number of hydrogen-bond acceptors (Lipinski definition) is 4. The number of hydrogen-bond donors (Lipinski definition) is 1. The Morgan fingerprint density at radius 1 is 1.33 bits per heavy atom. The third-order valence-corrected chi connectivity index (χ3v) is 2.99. The number of rotatable bonds is 5. The fraction of sp³-hybridized carbons (Fsp3) is 0.267. The number of carbonyl (C=O) groups is 1. The molecule has 0 atom stereocenters. The van der Waals surface area contributed by atoms with Crippen molar-refractivity contribution in [3.63, 3.8) is 0 Å². The Morgan fingerprint density at radius 3 is 2.62 bits per heavy atom. The van der Waals surface area contributed by atoms with Gasteiger partial charge in [-0.25, -0.2) is 4.98 Å². The van der Waals surface area contributed by atoms with Crippen molar-refractivity contribution in [1.29, 1.82) is 0 Å². The first-order chi connectivity index (χ1) is 10.1. The Labute approximate surface area is 122 Å². The van der Waals surface area contributed by atoms with Crippen LogP contribution in [0.3, 0.4) is 0 Å². The zero-order valence-corrected chi connectivity index (χ0v) is 12.0. The first-order valence-corrected chi connectivity index (χ1v) is 6.61. The van der Waals surface area contributed by atoms with Gasteiger partial charge in [-0.05, 0) is 30.7 Å². The Morgan fingerprint density at radius 2 is 2.05 bits per heavy atom. The van der Waals surface area contributed by atoms with E-state index >= 15 is 0 Å². The molecule has 110 valence electrons. The molecule has 21 heavy (non-hydrogen) atoms. The van der Waals surface area contributed by atoms with Crippen LogP contribution in [0.1, 0.15) is 12.6 Å². The topological polar surface area (TPSA) is 73.2 Å². The Balaban J connectivity index is 2.02. The number of anilines is 1. The normalized spacial score (nSPS) is 10.2. The molecule has 6 nitrogen and oxygen atoms in total. The zero-order chi connectivity index (χ0) is 15.2. The predicted octanol–water partition coefficient (Wildman–Crippen LogP) is 1.45. The Bertz CT molecular complexity index is 677. The third kappa shape index (κ3) is 3.92. The van der Waals surface area contributed by atoms with Gasteiger partial charge in [-0.1, -0.05) is 6.92 Å². The van der Waals surface area contributed by atoms with Gasteiger partial charge in [0.05, 0.1) is 13.4 Å². The minimum atomic E-state index is -0.284. The maximum atomic E-state index is 11.9. The van der Waals surface area contributed by atoms with Gasteiger partial charge in [0.1, 0.15) is 12.3 Å². The molecule has 0 aliphatic heterocycles. The van der Waals surface area contributed by atoms with Crippen LogP contribution in [-0.4, -0.2) is 22.6 Å². The number of aromatic nitrogens is 2. The van der Waals surface area contributed by atoms with Crippen LogP contribution in [0.15, 0.2) is 41.5 Å². The highest BCUT2D eigenvalue weighted by Crippen LogP contribution is 2.14. The van der Waals surface area contributed by atoms with E-state index < -0.39 is 0 Å². The molecule has 0 aliphatic carbocycles. The molecule has 0 aliphatic rings. The molecule has 0 saturated heterocycles. The molecule has 0 spiro atoms. The summed E-state index contributed by atoms with van der Waals surface area (Å²) >= 11 is 0. The van der Waals surface area contributed by atoms with Crippen molar-refractivity contribution < 1.29 is 9.53 Å². The highest BCUT2D eigenvalue weighted by atomic mass is 16.5. The van der Waals surface area contributed by atoms with E-state index in [1.165, 1.54) is 17.0 Å². The lowest BCUT2D eigenvalue weighted by molar-refractivity contribution is -0.116. The number of nitrogens with one attached hydrogen (secondary N) is 1. The summed E-state index contributed by atoms with van der Waals surface area (Å²) < 4.78 is 6.32. The number of methoxy groups -OCH3 is 1. The molecule has 0 unspecified atom stereocenters. The second-order valence-electron chi connectivity index (χ2n) is 4.48. The molecule has 0 radical (unpaired) electrons. The van der Waals surface area contributed by atoms with E-state index in [-0.39, 0.29) is 18.0 Å². The lowest BCUT2D eigenvalue weighted by Crippen LogP contribution is -2.27. The molecular weight excluding hydrogens is 270 g/mol. The summed E-state index contributed by atoms with van der Waals surface area (Å²) in [7, 11) is 1.58. The molecule has 2 rings (SSSR count). The zero-order valence-electron chi connectivity index (χ0n) is 12.0. The van der Waals surface area contributed by atoms with Gasteiger partial charge in [0.15, 0.2) is 0 Å². The van der Waals surface area contributed by atoms with E-state index in [2.05, 4.69) is 10.3 Å². The summed E-state index contributed by atoms with van der Waals surface area (Å²) in [6.45, 7) is 1.85. The van der Waals surface area contributed by atoms with Crippen LogP contribution in [0.5, 0.6) is 5.75 Å². The van der Waals surface area contributed by atoms with Crippen LogP contribution < -0.4 is 15.6 Å². The van der Waals surface area contributed by atoms with Gasteiger partial charge < -0.3 is 10.1 Å². The van der Waals surface area contributed by atoms with E-state index in [4.69, 9.17) is 4.74 Å². The minimum absolute atomic E-state index is 0.0676. The molecule has 6 heteroatoms. The fourth-order valence-electron chi connectivity index (χ4n) is 1.81. The van der Waals surface area contributed by atoms with Crippen molar-refractivity contribution in [2.45, 2.75) is 19.9 Å². The molecule has 0 saturated carbocycles. The van der Waals surface area contributed by atoms with Crippen molar-refractivity contribution in [3.8, 4) is 5.75 Å². The molecule has 1 heterocycles. The van der Waals surface area contributed by atoms with E-state index in [1.807, 2.05) is 6.92 Å². The van der Waals surface area contributed by atoms with Crippen LogP contribution in [0.2, 0.25) is 0 Å². The van der Waals surface area contributed by atoms with Crippen molar-refractivity contribution in [2.24, 2.45) is 0 Å². The van der Waals surface area contributed by atoms with Crippen LogP contribution in [-0.2, 0) is 17.8 Å². The lowest BCUT2D eigenvalue weighted by Gasteiger charge is -2.08. The van der Waals surface area contributed by atoms with Crippen molar-refractivity contribution in [1.82, 2.24) is 9.55 Å². The lowest BCUT2D eigenvalue weighted by atomic mass is 10.3. The molecule has 0 bridgehead atoms. The van der Waals surface area contributed by atoms with Crippen molar-refractivity contribution in [3.05, 3.63) is 52.7 Å². The highest BCUT2D eigenvalue weighted by molar-refractivity contribution is 5.90. The van der Waals surface area contributed by atoms with Crippen molar-refractivity contribution in [2.75, 3.05) is 12.4 Å². The maximum Gasteiger partial charge on any atom is 0.253 e. The van der Waals surface area contributed by atoms with Gasteiger partial charge >= 0.3 is 0 Å². The minimum Gasteiger partial charge on any atom is -0.497 e. The first kappa shape index (κ1) is 14.8. The van der Waals surface area contributed by atoms with Gasteiger partial charge in [-0.15, -0.1) is 0 Å². The second-order valence-corrected chi connectivity index (χ2v) is 4.48. The summed E-state index contributed by atoms with van der Waals surface area (Å²) in [6.07, 6.45) is 2.09. The predicted molar refractivity (Wildman–Crippen MR) is 79.5 cm³/mol. The number of ether oxygens (including phenoxy) is 1. The van der Waals surface area contributed by atoms with Gasteiger partial charge in [-0.3, -0.25) is 14.2 Å². The van der Waals surface area contributed by atoms with E-state index in [1.54, 1.807) is 31.4 Å². The molecule has 1 aromatic heterocycles. The fourth-order valence-corrected chi connectivity index (χ4v) is 1.81. The van der Waals surface area contributed by atoms with Gasteiger partial charge in [0, 0.05) is 17.4 Å². The van der Waals surface area contributed by atoms with Gasteiger partial charge in [0.2, 0.25) is 5.91 Å². The number of aryl methyl sites for hydroxylation is 1. The maximum absolute atomic E-state index is 11.9. The molecular formula is C15H17N3O3. The average molecular weight is 287 g/mol. The largest absolute Gasteiger partial charge is 0.497 e. The second kappa shape index (κ2) is 6.69. The summed E-state index contributed by atoms with van der Waals surface area (Å²) in [5, 5.41) is 2.72. The Hall–Kier alpha value is -2.63. The molecule has 0 fully saturated rings. The molecule has 1 N–H and O–H groups in total. The third-order valence-electron chi connectivity index (χ3n) is 2.99. The van der Waals surface area contributed by atoms with Crippen LogP contribution in [0.4, 0.5) is 5.69 Å². The standard InChI is InChI=1S/C15H17N3O3/c1-3-11-8-15(20)18(10-16-11)9-14(19)17-12-4-6-13(21-2)7-5-12/h4-8,10H,3,9H2,1-2H3,(H,17,19). The smallest absolute Gasteiger partial charge is 0.253 e. The number of carbonyl (C=O) groups excluding carboxylic acids is 1. The average Bonchev–Trinajstić information content (AvgIpc) is 2.50. The molecule has 2 aromatic rings. The summed E-state index contributed by atoms with van der Waals surface area (Å²) in [5.41, 5.74) is 1.13. The SMILES string of the molecule is CCc1cc(=O)n(CC(=O)Nc2ccc(OC)cc2)cn1. The monoisotopic (exact) mass is 287 g/mol.